The molecule has 100 valence electrons. The second-order valence-corrected chi connectivity index (χ2v) is 4.22. The number of benzene rings is 2. The largest absolute Gasteiger partial charge is 0.493 e. The van der Waals surface area contributed by atoms with E-state index in [1.807, 2.05) is 25.1 Å². The fourth-order valence-electron chi connectivity index (χ4n) is 2.07. The maximum atomic E-state index is 5.68. The first-order valence-corrected chi connectivity index (χ1v) is 6.42. The third-order valence-electron chi connectivity index (χ3n) is 2.96. The first-order chi connectivity index (χ1) is 9.88. The van der Waals surface area contributed by atoms with E-state index in [-0.39, 0.29) is 0 Å². The molecule has 0 N–H and O–H groups in total. The van der Waals surface area contributed by atoms with Gasteiger partial charge >= 0.3 is 0 Å². The Morgan fingerprint density at radius 3 is 2.75 bits per heavy atom. The molecular formula is C15H14N4O. The lowest BCUT2D eigenvalue weighted by Crippen LogP contribution is -1.98. The SMILES string of the molecule is CCOc1ccc2ccccc2c1/C=N/n1cnnc1. The fraction of sp³-hybridized carbons (Fsp3) is 0.133. The summed E-state index contributed by atoms with van der Waals surface area (Å²) in [5.41, 5.74) is 0.957. The molecule has 0 aliphatic rings. The van der Waals surface area contributed by atoms with Crippen molar-refractivity contribution in [2.75, 3.05) is 6.61 Å². The molecule has 0 saturated heterocycles. The van der Waals surface area contributed by atoms with Crippen LogP contribution >= 0.6 is 0 Å². The minimum atomic E-state index is 0.617. The van der Waals surface area contributed by atoms with E-state index < -0.39 is 0 Å². The molecule has 0 aliphatic carbocycles. The highest BCUT2D eigenvalue weighted by Gasteiger charge is 2.06. The zero-order chi connectivity index (χ0) is 13.8. The van der Waals surface area contributed by atoms with Gasteiger partial charge in [0.2, 0.25) is 0 Å². The van der Waals surface area contributed by atoms with Gasteiger partial charge in [-0.3, -0.25) is 0 Å². The summed E-state index contributed by atoms with van der Waals surface area (Å²) in [6, 6.07) is 12.2. The molecule has 0 amide bonds. The summed E-state index contributed by atoms with van der Waals surface area (Å²) >= 11 is 0. The molecule has 0 unspecified atom stereocenters. The number of hydrogen-bond acceptors (Lipinski definition) is 4. The Morgan fingerprint density at radius 1 is 1.15 bits per heavy atom. The standard InChI is InChI=1S/C15H14N4O/c1-2-20-15-8-7-12-5-3-4-6-13(12)14(15)9-18-19-10-16-17-11-19/h3-11H,2H2,1H3/b18-9+. The van der Waals surface area contributed by atoms with Crippen LogP contribution < -0.4 is 4.74 Å². The third kappa shape index (κ3) is 2.38. The molecule has 1 heterocycles. The maximum absolute atomic E-state index is 5.68. The first kappa shape index (κ1) is 12.3. The van der Waals surface area contributed by atoms with Crippen LogP contribution in [0.4, 0.5) is 0 Å². The number of nitrogens with zero attached hydrogens (tertiary/aromatic N) is 4. The highest BCUT2D eigenvalue weighted by molar-refractivity contribution is 6.02. The van der Waals surface area contributed by atoms with Crippen molar-refractivity contribution in [1.82, 2.24) is 14.9 Å². The zero-order valence-corrected chi connectivity index (χ0v) is 11.1. The molecule has 0 radical (unpaired) electrons. The number of hydrogen-bond donors (Lipinski definition) is 0. The molecule has 0 bridgehead atoms. The lowest BCUT2D eigenvalue weighted by Gasteiger charge is -2.09. The van der Waals surface area contributed by atoms with Crippen LogP contribution in [-0.2, 0) is 0 Å². The number of ether oxygens (including phenoxy) is 1. The van der Waals surface area contributed by atoms with Crippen molar-refractivity contribution in [2.24, 2.45) is 5.10 Å². The third-order valence-corrected chi connectivity index (χ3v) is 2.96. The molecule has 3 aromatic rings. The Balaban J connectivity index is 2.12. The molecule has 1 aromatic heterocycles. The minimum Gasteiger partial charge on any atom is -0.493 e. The van der Waals surface area contributed by atoms with Gasteiger partial charge in [-0.15, -0.1) is 10.2 Å². The molecule has 5 heteroatoms. The Morgan fingerprint density at radius 2 is 1.95 bits per heavy atom. The van der Waals surface area contributed by atoms with E-state index >= 15 is 0 Å². The average molecular weight is 266 g/mol. The second kappa shape index (κ2) is 5.52. The van der Waals surface area contributed by atoms with E-state index in [2.05, 4.69) is 33.5 Å². The van der Waals surface area contributed by atoms with Gasteiger partial charge < -0.3 is 4.74 Å². The monoisotopic (exact) mass is 266 g/mol. The molecule has 0 spiro atoms. The van der Waals surface area contributed by atoms with Crippen LogP contribution in [0.3, 0.4) is 0 Å². The van der Waals surface area contributed by atoms with Crippen LogP contribution in [0.15, 0.2) is 54.2 Å². The zero-order valence-electron chi connectivity index (χ0n) is 11.1. The highest BCUT2D eigenvalue weighted by Crippen LogP contribution is 2.26. The van der Waals surface area contributed by atoms with E-state index in [9.17, 15) is 0 Å². The van der Waals surface area contributed by atoms with Crippen LogP contribution in [-0.4, -0.2) is 27.7 Å². The second-order valence-electron chi connectivity index (χ2n) is 4.22. The fourth-order valence-corrected chi connectivity index (χ4v) is 2.07. The van der Waals surface area contributed by atoms with Gasteiger partial charge in [0, 0.05) is 5.56 Å². The van der Waals surface area contributed by atoms with Gasteiger partial charge in [-0.2, -0.15) is 5.10 Å². The number of rotatable bonds is 4. The summed E-state index contributed by atoms with van der Waals surface area (Å²) in [5.74, 6) is 0.822. The van der Waals surface area contributed by atoms with E-state index in [4.69, 9.17) is 4.74 Å². The Kier molecular flexibility index (Phi) is 3.41. The summed E-state index contributed by atoms with van der Waals surface area (Å²) < 4.78 is 7.24. The van der Waals surface area contributed by atoms with E-state index in [1.54, 1.807) is 23.5 Å². The van der Waals surface area contributed by atoms with E-state index in [1.165, 1.54) is 0 Å². The van der Waals surface area contributed by atoms with Crippen LogP contribution in [0.25, 0.3) is 10.8 Å². The van der Waals surface area contributed by atoms with Gasteiger partial charge in [0.1, 0.15) is 18.4 Å². The van der Waals surface area contributed by atoms with Crippen molar-refractivity contribution < 1.29 is 4.74 Å². The van der Waals surface area contributed by atoms with Gasteiger partial charge in [-0.05, 0) is 23.8 Å². The first-order valence-electron chi connectivity index (χ1n) is 6.42. The van der Waals surface area contributed by atoms with Crippen molar-refractivity contribution >= 4 is 17.0 Å². The molecule has 2 aromatic carbocycles. The number of fused-ring (bicyclic) bond motifs is 1. The van der Waals surface area contributed by atoms with Crippen LogP contribution in [0.2, 0.25) is 0 Å². The average Bonchev–Trinajstić information content (AvgIpc) is 2.99. The smallest absolute Gasteiger partial charge is 0.141 e. The normalized spacial score (nSPS) is 11.2. The quantitative estimate of drug-likeness (QED) is 0.682. The summed E-state index contributed by atoms with van der Waals surface area (Å²) in [5, 5.41) is 14.0. The van der Waals surface area contributed by atoms with E-state index in [0.29, 0.717) is 6.61 Å². The van der Waals surface area contributed by atoms with Crippen molar-refractivity contribution in [2.45, 2.75) is 6.92 Å². The molecule has 0 atom stereocenters. The number of aromatic nitrogens is 3. The predicted molar refractivity (Wildman–Crippen MR) is 78.1 cm³/mol. The van der Waals surface area contributed by atoms with Gasteiger partial charge in [0.05, 0.1) is 12.8 Å². The lowest BCUT2D eigenvalue weighted by molar-refractivity contribution is 0.340. The predicted octanol–water partition coefficient (Wildman–Crippen LogP) is 2.71. The van der Waals surface area contributed by atoms with Gasteiger partial charge in [-0.1, -0.05) is 30.3 Å². The molecular weight excluding hydrogens is 252 g/mol. The van der Waals surface area contributed by atoms with Gasteiger partial charge in [0.25, 0.3) is 0 Å². The van der Waals surface area contributed by atoms with Crippen molar-refractivity contribution in [3.63, 3.8) is 0 Å². The molecule has 5 nitrogen and oxygen atoms in total. The van der Waals surface area contributed by atoms with Crippen molar-refractivity contribution in [1.29, 1.82) is 0 Å². The van der Waals surface area contributed by atoms with Crippen molar-refractivity contribution in [3.8, 4) is 5.75 Å². The van der Waals surface area contributed by atoms with Crippen LogP contribution in [0.5, 0.6) is 5.75 Å². The lowest BCUT2D eigenvalue weighted by atomic mass is 10.0. The van der Waals surface area contributed by atoms with Gasteiger partial charge in [0.15, 0.2) is 0 Å². The van der Waals surface area contributed by atoms with Crippen molar-refractivity contribution in [3.05, 3.63) is 54.6 Å². The summed E-state index contributed by atoms with van der Waals surface area (Å²) in [7, 11) is 0. The highest BCUT2D eigenvalue weighted by atomic mass is 16.5. The van der Waals surface area contributed by atoms with Crippen LogP contribution in [0, 0.1) is 0 Å². The minimum absolute atomic E-state index is 0.617. The molecule has 20 heavy (non-hydrogen) atoms. The molecule has 0 fully saturated rings. The Labute approximate surface area is 116 Å². The Hall–Kier alpha value is -2.69. The van der Waals surface area contributed by atoms with Crippen LogP contribution in [0.1, 0.15) is 12.5 Å². The summed E-state index contributed by atoms with van der Waals surface area (Å²) in [6.45, 7) is 2.59. The van der Waals surface area contributed by atoms with Gasteiger partial charge in [-0.25, -0.2) is 4.68 Å². The topological polar surface area (TPSA) is 52.3 Å². The molecule has 0 saturated carbocycles. The molecule has 3 rings (SSSR count). The maximum Gasteiger partial charge on any atom is 0.141 e. The molecule has 0 aliphatic heterocycles. The summed E-state index contributed by atoms with van der Waals surface area (Å²) in [4.78, 5) is 0. The summed E-state index contributed by atoms with van der Waals surface area (Å²) in [6.07, 6.45) is 4.86. The Bertz CT molecular complexity index is 735. The van der Waals surface area contributed by atoms with E-state index in [0.717, 1.165) is 22.1 Å².